The Bertz CT molecular complexity index is 1510. The molecule has 0 saturated carbocycles. The Kier molecular flexibility index (Phi) is 4.29. The van der Waals surface area contributed by atoms with Crippen LogP contribution in [-0.2, 0) is 0 Å². The molecule has 0 spiro atoms. The molecule has 4 nitrogen and oxygen atoms in total. The predicted octanol–water partition coefficient (Wildman–Crippen LogP) is 6.61. The highest BCUT2D eigenvalue weighted by atomic mass is 15.0. The molecule has 0 aliphatic rings. The Hall–Kier alpha value is -4.31. The van der Waals surface area contributed by atoms with Crippen molar-refractivity contribution in [1.29, 1.82) is 0 Å². The Morgan fingerprint density at radius 1 is 0.500 bits per heavy atom. The lowest BCUT2D eigenvalue weighted by molar-refractivity contribution is 0.991. The minimum absolute atomic E-state index is 0.685. The van der Waals surface area contributed by atoms with Gasteiger partial charge >= 0.3 is 0 Å². The molecule has 0 atom stereocenters. The maximum atomic E-state index is 4.74. The lowest BCUT2D eigenvalue weighted by atomic mass is 10.1. The fourth-order valence-corrected chi connectivity index (χ4v) is 4.29. The Balaban J connectivity index is 1.46. The van der Waals surface area contributed by atoms with E-state index in [2.05, 4.69) is 87.3 Å². The van der Waals surface area contributed by atoms with E-state index >= 15 is 0 Å². The van der Waals surface area contributed by atoms with E-state index in [0.29, 0.717) is 17.5 Å². The van der Waals surface area contributed by atoms with Gasteiger partial charge in [-0.05, 0) is 43.3 Å². The molecule has 0 fully saturated rings. The smallest absolute Gasteiger partial charge is 0.163 e. The van der Waals surface area contributed by atoms with Gasteiger partial charge in [0.2, 0.25) is 0 Å². The summed E-state index contributed by atoms with van der Waals surface area (Å²) >= 11 is 0. The van der Waals surface area contributed by atoms with Crippen LogP contribution in [0.4, 0.5) is 0 Å². The molecule has 0 amide bonds. The average molecular weight is 412 g/mol. The van der Waals surface area contributed by atoms with Crippen molar-refractivity contribution < 1.29 is 0 Å². The molecule has 4 heteroatoms. The number of nitrogens with zero attached hydrogens (tertiary/aromatic N) is 4. The van der Waals surface area contributed by atoms with Gasteiger partial charge in [0.25, 0.3) is 0 Å². The van der Waals surface area contributed by atoms with Gasteiger partial charge in [0, 0.05) is 27.6 Å². The second kappa shape index (κ2) is 7.43. The van der Waals surface area contributed by atoms with Crippen molar-refractivity contribution in [3.05, 3.63) is 109 Å². The van der Waals surface area contributed by atoms with E-state index in [9.17, 15) is 0 Å². The topological polar surface area (TPSA) is 43.6 Å². The summed E-state index contributed by atoms with van der Waals surface area (Å²) in [7, 11) is 0. The second-order valence-electron chi connectivity index (χ2n) is 7.81. The van der Waals surface area contributed by atoms with E-state index in [1.807, 2.05) is 37.3 Å². The zero-order chi connectivity index (χ0) is 21.5. The number of benzene rings is 4. The first kappa shape index (κ1) is 18.5. The van der Waals surface area contributed by atoms with Crippen LogP contribution in [0.5, 0.6) is 0 Å². The van der Waals surface area contributed by atoms with Crippen molar-refractivity contribution >= 4 is 21.8 Å². The number of rotatable bonds is 3. The highest BCUT2D eigenvalue weighted by Gasteiger charge is 2.12. The van der Waals surface area contributed by atoms with Crippen molar-refractivity contribution in [3.63, 3.8) is 0 Å². The lowest BCUT2D eigenvalue weighted by Gasteiger charge is -2.09. The molecule has 4 aromatic carbocycles. The van der Waals surface area contributed by atoms with E-state index in [4.69, 9.17) is 4.98 Å². The summed E-state index contributed by atoms with van der Waals surface area (Å²) in [5, 5.41) is 2.51. The molecular weight excluding hydrogens is 392 g/mol. The zero-order valence-corrected chi connectivity index (χ0v) is 17.6. The van der Waals surface area contributed by atoms with Gasteiger partial charge in [-0.15, -0.1) is 0 Å². The molecule has 152 valence electrons. The highest BCUT2D eigenvalue weighted by Crippen LogP contribution is 2.32. The van der Waals surface area contributed by atoms with Crippen molar-refractivity contribution in [2.45, 2.75) is 6.92 Å². The quantitative estimate of drug-likeness (QED) is 0.328. The first-order valence-electron chi connectivity index (χ1n) is 10.6. The van der Waals surface area contributed by atoms with Gasteiger partial charge in [0.05, 0.1) is 11.0 Å². The normalized spacial score (nSPS) is 11.3. The van der Waals surface area contributed by atoms with Gasteiger partial charge in [0.15, 0.2) is 11.6 Å². The molecule has 6 aromatic rings. The summed E-state index contributed by atoms with van der Waals surface area (Å²) in [5.41, 5.74) is 5.46. The lowest BCUT2D eigenvalue weighted by Crippen LogP contribution is -2.00. The molecule has 6 rings (SSSR count). The molecular formula is C28H20N4. The van der Waals surface area contributed by atoms with Gasteiger partial charge < -0.3 is 4.57 Å². The summed E-state index contributed by atoms with van der Waals surface area (Å²) in [5.74, 6) is 2.09. The van der Waals surface area contributed by atoms with Crippen LogP contribution < -0.4 is 0 Å². The third-order valence-electron chi connectivity index (χ3n) is 5.74. The van der Waals surface area contributed by atoms with E-state index in [1.54, 1.807) is 0 Å². The van der Waals surface area contributed by atoms with Gasteiger partial charge in [-0.3, -0.25) is 0 Å². The summed E-state index contributed by atoms with van der Waals surface area (Å²) in [6.07, 6.45) is 0. The SMILES string of the molecule is Cc1nc(-c2ccccc2)nc(-c2ccc(-n3c4ccccc4c4ccccc43)cc2)n1. The van der Waals surface area contributed by atoms with Crippen molar-refractivity contribution in [1.82, 2.24) is 19.5 Å². The average Bonchev–Trinajstić information content (AvgIpc) is 3.19. The number of hydrogen-bond acceptors (Lipinski definition) is 3. The summed E-state index contributed by atoms with van der Waals surface area (Å²) in [6.45, 7) is 1.91. The summed E-state index contributed by atoms with van der Waals surface area (Å²) in [4.78, 5) is 13.9. The van der Waals surface area contributed by atoms with Crippen LogP contribution >= 0.6 is 0 Å². The van der Waals surface area contributed by atoms with E-state index in [1.165, 1.54) is 21.8 Å². The third-order valence-corrected chi connectivity index (χ3v) is 5.74. The fraction of sp³-hybridized carbons (Fsp3) is 0.0357. The molecule has 0 bridgehead atoms. The first-order valence-corrected chi connectivity index (χ1v) is 10.6. The molecule has 0 aliphatic heterocycles. The molecule has 0 radical (unpaired) electrons. The zero-order valence-electron chi connectivity index (χ0n) is 17.6. The number of aromatic nitrogens is 4. The number of para-hydroxylation sites is 2. The Labute approximate surface area is 185 Å². The van der Waals surface area contributed by atoms with Crippen LogP contribution in [0, 0.1) is 6.92 Å². The van der Waals surface area contributed by atoms with Crippen molar-refractivity contribution in [2.24, 2.45) is 0 Å². The monoisotopic (exact) mass is 412 g/mol. The van der Waals surface area contributed by atoms with Crippen LogP contribution in [0.15, 0.2) is 103 Å². The number of hydrogen-bond donors (Lipinski definition) is 0. The van der Waals surface area contributed by atoms with Gasteiger partial charge in [-0.25, -0.2) is 15.0 Å². The Morgan fingerprint density at radius 2 is 1.00 bits per heavy atom. The fourth-order valence-electron chi connectivity index (χ4n) is 4.29. The van der Waals surface area contributed by atoms with E-state index in [-0.39, 0.29) is 0 Å². The maximum absolute atomic E-state index is 4.74. The molecule has 2 heterocycles. The first-order chi connectivity index (χ1) is 15.8. The van der Waals surface area contributed by atoms with Crippen LogP contribution in [0.2, 0.25) is 0 Å². The summed E-state index contributed by atoms with van der Waals surface area (Å²) < 4.78 is 2.31. The predicted molar refractivity (Wildman–Crippen MR) is 130 cm³/mol. The van der Waals surface area contributed by atoms with E-state index in [0.717, 1.165) is 16.8 Å². The number of fused-ring (bicyclic) bond motifs is 3. The number of aryl methyl sites for hydroxylation is 1. The van der Waals surface area contributed by atoms with E-state index < -0.39 is 0 Å². The van der Waals surface area contributed by atoms with Crippen molar-refractivity contribution in [2.75, 3.05) is 0 Å². The minimum Gasteiger partial charge on any atom is -0.309 e. The van der Waals surface area contributed by atoms with Crippen LogP contribution in [-0.4, -0.2) is 19.5 Å². The molecule has 2 aromatic heterocycles. The van der Waals surface area contributed by atoms with Gasteiger partial charge in [-0.2, -0.15) is 0 Å². The van der Waals surface area contributed by atoms with Crippen LogP contribution in [0.3, 0.4) is 0 Å². The second-order valence-corrected chi connectivity index (χ2v) is 7.81. The largest absolute Gasteiger partial charge is 0.309 e. The molecule has 0 aliphatic carbocycles. The maximum Gasteiger partial charge on any atom is 0.163 e. The van der Waals surface area contributed by atoms with Gasteiger partial charge in [-0.1, -0.05) is 66.7 Å². The standard InChI is InChI=1S/C28H20N4/c1-19-29-27(20-9-3-2-4-10-20)31-28(30-19)21-15-17-22(18-16-21)32-25-13-7-5-11-23(25)24-12-6-8-14-26(24)32/h2-18H,1H3. The molecule has 32 heavy (non-hydrogen) atoms. The van der Waals surface area contributed by atoms with Crippen molar-refractivity contribution in [3.8, 4) is 28.5 Å². The minimum atomic E-state index is 0.685. The Morgan fingerprint density at radius 3 is 1.59 bits per heavy atom. The summed E-state index contributed by atoms with van der Waals surface area (Å²) in [6, 6.07) is 35.5. The molecule has 0 N–H and O–H groups in total. The van der Waals surface area contributed by atoms with Gasteiger partial charge in [0.1, 0.15) is 5.82 Å². The molecule has 0 unspecified atom stereocenters. The highest BCUT2D eigenvalue weighted by molar-refractivity contribution is 6.09. The molecule has 0 saturated heterocycles. The van der Waals surface area contributed by atoms with Crippen LogP contribution in [0.25, 0.3) is 50.3 Å². The van der Waals surface area contributed by atoms with Crippen LogP contribution in [0.1, 0.15) is 5.82 Å². The third kappa shape index (κ3) is 3.05.